The molecule has 0 atom stereocenters. The molecule has 0 aliphatic heterocycles. The summed E-state index contributed by atoms with van der Waals surface area (Å²) in [6.45, 7) is 0. The van der Waals surface area contributed by atoms with E-state index in [1.54, 1.807) is 0 Å². The van der Waals surface area contributed by atoms with Crippen LogP contribution in [-0.4, -0.2) is 27.4 Å². The summed E-state index contributed by atoms with van der Waals surface area (Å²) in [6, 6.07) is 5.06. The van der Waals surface area contributed by atoms with E-state index in [0.717, 1.165) is 12.1 Å². The fourth-order valence-electron chi connectivity index (χ4n) is 1.58. The normalized spacial score (nSPS) is 11.2. The third kappa shape index (κ3) is 4.44. The van der Waals surface area contributed by atoms with Gasteiger partial charge < -0.3 is 9.84 Å². The molecule has 21 heavy (non-hydrogen) atoms. The van der Waals surface area contributed by atoms with Gasteiger partial charge in [0.1, 0.15) is 5.75 Å². The summed E-state index contributed by atoms with van der Waals surface area (Å²) in [5.41, 5.74) is 0.926. The molecular weight excluding hydrogens is 289 g/mol. The number of carbonyl (C=O) groups is 1. The number of aliphatic carboxylic acids is 1. The van der Waals surface area contributed by atoms with Gasteiger partial charge in [-0.25, -0.2) is 9.97 Å². The Morgan fingerprint density at radius 3 is 2.19 bits per heavy atom. The largest absolute Gasteiger partial charge is 0.573 e. The van der Waals surface area contributed by atoms with Crippen LogP contribution >= 0.6 is 0 Å². The van der Waals surface area contributed by atoms with Crippen molar-refractivity contribution in [3.8, 4) is 17.1 Å². The van der Waals surface area contributed by atoms with Crippen molar-refractivity contribution in [3.05, 3.63) is 42.2 Å². The van der Waals surface area contributed by atoms with E-state index in [-0.39, 0.29) is 18.0 Å². The maximum atomic E-state index is 12.0. The summed E-state index contributed by atoms with van der Waals surface area (Å²) in [6.07, 6.45) is -2.22. The molecule has 0 radical (unpaired) electrons. The van der Waals surface area contributed by atoms with Crippen molar-refractivity contribution in [1.29, 1.82) is 0 Å². The molecule has 0 saturated heterocycles. The summed E-state index contributed by atoms with van der Waals surface area (Å²) < 4.78 is 39.8. The molecule has 0 aliphatic rings. The fraction of sp³-hybridized carbons (Fsp3) is 0.154. The summed E-state index contributed by atoms with van der Waals surface area (Å²) >= 11 is 0. The summed E-state index contributed by atoms with van der Waals surface area (Å²) in [4.78, 5) is 18.5. The second-order valence-electron chi connectivity index (χ2n) is 4.06. The number of halogens is 3. The van der Waals surface area contributed by atoms with Gasteiger partial charge in [0.05, 0.1) is 6.42 Å². The molecule has 0 aliphatic carbocycles. The average molecular weight is 298 g/mol. The minimum Gasteiger partial charge on any atom is -0.481 e. The minimum atomic E-state index is -4.74. The molecule has 1 N–H and O–H groups in total. The number of carboxylic acid groups (broad SMARTS) is 1. The highest BCUT2D eigenvalue weighted by molar-refractivity contribution is 5.70. The highest BCUT2D eigenvalue weighted by atomic mass is 19.4. The Balaban J connectivity index is 2.13. The maximum absolute atomic E-state index is 12.0. The monoisotopic (exact) mass is 298 g/mol. The molecule has 0 bridgehead atoms. The van der Waals surface area contributed by atoms with Gasteiger partial charge >= 0.3 is 12.3 Å². The minimum absolute atomic E-state index is 0.196. The van der Waals surface area contributed by atoms with Gasteiger partial charge in [0, 0.05) is 18.0 Å². The molecule has 0 fully saturated rings. The molecular formula is C13H9F3N2O3. The van der Waals surface area contributed by atoms with Crippen LogP contribution in [0.3, 0.4) is 0 Å². The van der Waals surface area contributed by atoms with Crippen molar-refractivity contribution in [3.63, 3.8) is 0 Å². The number of carboxylic acids is 1. The molecule has 5 nitrogen and oxygen atoms in total. The first-order valence-electron chi connectivity index (χ1n) is 5.72. The number of nitrogens with zero attached hydrogens (tertiary/aromatic N) is 2. The Labute approximate surface area is 117 Å². The quantitative estimate of drug-likeness (QED) is 0.939. The van der Waals surface area contributed by atoms with Crippen LogP contribution in [0.4, 0.5) is 13.2 Å². The van der Waals surface area contributed by atoms with E-state index >= 15 is 0 Å². The first-order chi connectivity index (χ1) is 9.83. The van der Waals surface area contributed by atoms with Crippen LogP contribution in [0.15, 0.2) is 36.7 Å². The second kappa shape index (κ2) is 5.78. The van der Waals surface area contributed by atoms with Crippen LogP contribution in [0, 0.1) is 0 Å². The fourth-order valence-corrected chi connectivity index (χ4v) is 1.58. The van der Waals surface area contributed by atoms with Crippen LogP contribution in [0.5, 0.6) is 5.75 Å². The number of hydrogen-bond donors (Lipinski definition) is 1. The lowest BCUT2D eigenvalue weighted by molar-refractivity contribution is -0.274. The van der Waals surface area contributed by atoms with Crippen molar-refractivity contribution >= 4 is 5.97 Å². The van der Waals surface area contributed by atoms with Gasteiger partial charge in [-0.3, -0.25) is 4.79 Å². The van der Waals surface area contributed by atoms with E-state index in [4.69, 9.17) is 5.11 Å². The Morgan fingerprint density at radius 2 is 1.71 bits per heavy atom. The van der Waals surface area contributed by atoms with Gasteiger partial charge in [0.2, 0.25) is 0 Å². The molecule has 2 rings (SSSR count). The smallest absolute Gasteiger partial charge is 0.481 e. The standard InChI is InChI=1S/C13H9F3N2O3/c14-13(15,16)21-10-3-1-9(2-4-10)12-17-6-8(7-18-12)5-11(19)20/h1-4,6-7H,5H2,(H,19,20). The lowest BCUT2D eigenvalue weighted by Crippen LogP contribution is -2.16. The van der Waals surface area contributed by atoms with Crippen molar-refractivity contribution in [1.82, 2.24) is 9.97 Å². The SMILES string of the molecule is O=C(O)Cc1cnc(-c2ccc(OC(F)(F)F)cc2)nc1. The van der Waals surface area contributed by atoms with E-state index in [1.165, 1.54) is 24.5 Å². The lowest BCUT2D eigenvalue weighted by Gasteiger charge is -2.09. The Kier molecular flexibility index (Phi) is 4.06. The zero-order chi connectivity index (χ0) is 15.5. The first kappa shape index (κ1) is 14.8. The number of aromatic nitrogens is 2. The van der Waals surface area contributed by atoms with Crippen LogP contribution in [0.2, 0.25) is 0 Å². The van der Waals surface area contributed by atoms with Gasteiger partial charge in [0.25, 0.3) is 0 Å². The Morgan fingerprint density at radius 1 is 1.14 bits per heavy atom. The van der Waals surface area contributed by atoms with E-state index < -0.39 is 12.3 Å². The van der Waals surface area contributed by atoms with E-state index in [1.807, 2.05) is 0 Å². The predicted octanol–water partition coefficient (Wildman–Crippen LogP) is 2.67. The molecule has 1 heterocycles. The molecule has 110 valence electrons. The van der Waals surface area contributed by atoms with Gasteiger partial charge in [0.15, 0.2) is 5.82 Å². The van der Waals surface area contributed by atoms with Crippen LogP contribution in [0.1, 0.15) is 5.56 Å². The summed E-state index contributed by atoms with van der Waals surface area (Å²) in [5.74, 6) is -1.06. The number of rotatable bonds is 4. The molecule has 1 aromatic heterocycles. The van der Waals surface area contributed by atoms with Crippen molar-refractivity contribution in [2.45, 2.75) is 12.8 Å². The number of alkyl halides is 3. The third-order valence-corrected chi connectivity index (χ3v) is 2.41. The van der Waals surface area contributed by atoms with Crippen LogP contribution in [-0.2, 0) is 11.2 Å². The van der Waals surface area contributed by atoms with Crippen molar-refractivity contribution in [2.75, 3.05) is 0 Å². The van der Waals surface area contributed by atoms with Crippen molar-refractivity contribution in [2.24, 2.45) is 0 Å². The molecule has 0 spiro atoms. The number of hydrogen-bond acceptors (Lipinski definition) is 4. The molecule has 8 heteroatoms. The zero-order valence-electron chi connectivity index (χ0n) is 10.5. The summed E-state index contributed by atoms with van der Waals surface area (Å²) in [5, 5.41) is 8.62. The molecule has 2 aromatic rings. The molecule has 0 saturated carbocycles. The Bertz CT molecular complexity index is 625. The average Bonchev–Trinajstić information content (AvgIpc) is 2.38. The first-order valence-corrected chi connectivity index (χ1v) is 5.72. The van der Waals surface area contributed by atoms with Crippen molar-refractivity contribution < 1.29 is 27.8 Å². The second-order valence-corrected chi connectivity index (χ2v) is 4.06. The third-order valence-electron chi connectivity index (χ3n) is 2.41. The van der Waals surface area contributed by atoms with Gasteiger partial charge in [-0.2, -0.15) is 0 Å². The zero-order valence-corrected chi connectivity index (χ0v) is 10.5. The Hall–Kier alpha value is -2.64. The van der Waals surface area contributed by atoms with E-state index in [2.05, 4.69) is 14.7 Å². The number of ether oxygens (including phenoxy) is 1. The van der Waals surface area contributed by atoms with Gasteiger partial charge in [-0.1, -0.05) is 0 Å². The molecule has 0 amide bonds. The van der Waals surface area contributed by atoms with E-state index in [9.17, 15) is 18.0 Å². The predicted molar refractivity (Wildman–Crippen MR) is 65.5 cm³/mol. The maximum Gasteiger partial charge on any atom is 0.573 e. The topological polar surface area (TPSA) is 72.3 Å². The lowest BCUT2D eigenvalue weighted by atomic mass is 10.2. The van der Waals surface area contributed by atoms with Crippen LogP contribution < -0.4 is 4.74 Å². The highest BCUT2D eigenvalue weighted by Crippen LogP contribution is 2.25. The van der Waals surface area contributed by atoms with Gasteiger partial charge in [-0.05, 0) is 29.8 Å². The highest BCUT2D eigenvalue weighted by Gasteiger charge is 2.30. The van der Waals surface area contributed by atoms with Gasteiger partial charge in [-0.15, -0.1) is 13.2 Å². The summed E-state index contributed by atoms with van der Waals surface area (Å²) in [7, 11) is 0. The number of benzene rings is 1. The van der Waals surface area contributed by atoms with E-state index in [0.29, 0.717) is 11.1 Å². The molecule has 0 unspecified atom stereocenters. The van der Waals surface area contributed by atoms with Crippen LogP contribution in [0.25, 0.3) is 11.4 Å². The molecule has 1 aromatic carbocycles.